The number of hydrogen-bond donors (Lipinski definition) is 0. The van der Waals surface area contributed by atoms with E-state index in [4.69, 9.17) is 9.47 Å². The molecule has 1 heterocycles. The van der Waals surface area contributed by atoms with Gasteiger partial charge in [0.1, 0.15) is 17.3 Å². The minimum absolute atomic E-state index is 0.152. The molecular formula is C15H16O5S. The van der Waals surface area contributed by atoms with E-state index in [1.807, 2.05) is 0 Å². The third-order valence-corrected chi connectivity index (χ3v) is 4.68. The zero-order chi connectivity index (χ0) is 15.0. The largest absolute Gasteiger partial charge is 0.492 e. The van der Waals surface area contributed by atoms with Crippen molar-refractivity contribution in [3.63, 3.8) is 0 Å². The lowest BCUT2D eigenvalue weighted by Crippen LogP contribution is -2.07. The fraction of sp³-hybridized carbons (Fsp3) is 0.400. The lowest BCUT2D eigenvalue weighted by atomic mass is 10.1. The molecule has 21 heavy (non-hydrogen) atoms. The van der Waals surface area contributed by atoms with Crippen molar-refractivity contribution in [3.8, 4) is 5.75 Å². The number of rotatable bonds is 5. The Morgan fingerprint density at radius 2 is 2.10 bits per heavy atom. The van der Waals surface area contributed by atoms with Gasteiger partial charge in [-0.25, -0.2) is 13.2 Å². The molecular weight excluding hydrogens is 292 g/mol. The zero-order valence-electron chi connectivity index (χ0n) is 11.7. The summed E-state index contributed by atoms with van der Waals surface area (Å²) in [6, 6.07) is 4.70. The summed E-state index contributed by atoms with van der Waals surface area (Å²) in [5.74, 6) is 0.425. The molecule has 1 aromatic rings. The highest BCUT2D eigenvalue weighted by Gasteiger charge is 2.25. The number of carbonyl (C=O) groups is 1. The first kappa shape index (κ1) is 14.1. The van der Waals surface area contributed by atoms with Crippen LogP contribution in [0.4, 0.5) is 0 Å². The van der Waals surface area contributed by atoms with Gasteiger partial charge in [-0.3, -0.25) is 0 Å². The van der Waals surface area contributed by atoms with Crippen molar-refractivity contribution in [2.45, 2.75) is 17.7 Å². The maximum absolute atomic E-state index is 11.8. The Morgan fingerprint density at radius 1 is 1.33 bits per heavy atom. The molecule has 112 valence electrons. The van der Waals surface area contributed by atoms with Gasteiger partial charge in [0.05, 0.1) is 12.2 Å². The summed E-state index contributed by atoms with van der Waals surface area (Å²) in [4.78, 5) is 11.7. The van der Waals surface area contributed by atoms with Crippen LogP contribution in [0, 0.1) is 5.92 Å². The van der Waals surface area contributed by atoms with Gasteiger partial charge in [-0.05, 0) is 42.5 Å². The molecule has 0 atom stereocenters. The highest BCUT2D eigenvalue weighted by Crippen LogP contribution is 2.33. The van der Waals surface area contributed by atoms with Crippen LogP contribution < -0.4 is 4.74 Å². The van der Waals surface area contributed by atoms with Crippen LogP contribution in [0.25, 0.3) is 5.57 Å². The topological polar surface area (TPSA) is 69.7 Å². The summed E-state index contributed by atoms with van der Waals surface area (Å²) >= 11 is 0. The highest BCUT2D eigenvalue weighted by atomic mass is 32.2. The number of sulfone groups is 1. The molecule has 0 N–H and O–H groups in total. The van der Waals surface area contributed by atoms with E-state index >= 15 is 0 Å². The predicted molar refractivity (Wildman–Crippen MR) is 76.7 cm³/mol. The monoisotopic (exact) mass is 308 g/mol. The minimum atomic E-state index is -3.38. The molecule has 0 spiro atoms. The second-order valence-electron chi connectivity index (χ2n) is 5.40. The fourth-order valence-corrected chi connectivity index (χ4v) is 2.98. The number of ether oxygens (including phenoxy) is 2. The standard InChI is InChI=1S/C15H16O5S/c1-21(17,18)14-5-4-11(12-6-7-19-15(12)16)8-13(14)20-9-10-2-3-10/h4-6,8,10H,2-3,7,9H2,1H3. The van der Waals surface area contributed by atoms with Crippen molar-refractivity contribution >= 4 is 21.4 Å². The Labute approximate surface area is 123 Å². The minimum Gasteiger partial charge on any atom is -0.492 e. The molecule has 2 aliphatic rings. The molecule has 0 amide bonds. The van der Waals surface area contributed by atoms with Gasteiger partial charge in [0.25, 0.3) is 0 Å². The summed E-state index contributed by atoms with van der Waals surface area (Å²) in [5.41, 5.74) is 1.07. The third-order valence-electron chi connectivity index (χ3n) is 3.55. The maximum Gasteiger partial charge on any atom is 0.338 e. The van der Waals surface area contributed by atoms with Crippen molar-refractivity contribution in [2.24, 2.45) is 5.92 Å². The smallest absolute Gasteiger partial charge is 0.338 e. The van der Waals surface area contributed by atoms with Crippen LogP contribution in [-0.4, -0.2) is 33.9 Å². The lowest BCUT2D eigenvalue weighted by molar-refractivity contribution is -0.133. The van der Waals surface area contributed by atoms with Crippen molar-refractivity contribution in [1.82, 2.24) is 0 Å². The quantitative estimate of drug-likeness (QED) is 0.776. The zero-order valence-corrected chi connectivity index (χ0v) is 12.5. The van der Waals surface area contributed by atoms with Gasteiger partial charge in [0.15, 0.2) is 9.84 Å². The summed E-state index contributed by atoms with van der Waals surface area (Å²) in [7, 11) is -3.38. The molecule has 1 aromatic carbocycles. The van der Waals surface area contributed by atoms with Gasteiger partial charge in [-0.2, -0.15) is 0 Å². The molecule has 0 radical (unpaired) electrons. The van der Waals surface area contributed by atoms with Gasteiger partial charge >= 0.3 is 5.97 Å². The van der Waals surface area contributed by atoms with Gasteiger partial charge in [0.2, 0.25) is 0 Å². The van der Waals surface area contributed by atoms with Crippen LogP contribution in [0.2, 0.25) is 0 Å². The first-order valence-electron chi connectivity index (χ1n) is 6.80. The molecule has 5 nitrogen and oxygen atoms in total. The van der Waals surface area contributed by atoms with Crippen LogP contribution >= 0.6 is 0 Å². The summed E-state index contributed by atoms with van der Waals surface area (Å²) in [6.45, 7) is 0.760. The van der Waals surface area contributed by atoms with E-state index in [1.54, 1.807) is 18.2 Å². The SMILES string of the molecule is CS(=O)(=O)c1ccc(C2=CCOC2=O)cc1OCC1CC1. The molecule has 1 aliphatic heterocycles. The van der Waals surface area contributed by atoms with Crippen LogP contribution in [-0.2, 0) is 19.4 Å². The van der Waals surface area contributed by atoms with E-state index in [2.05, 4.69) is 0 Å². The Hall–Kier alpha value is -1.82. The van der Waals surface area contributed by atoms with E-state index < -0.39 is 15.8 Å². The number of carbonyl (C=O) groups excluding carboxylic acids is 1. The Balaban J connectivity index is 1.96. The summed E-state index contributed by atoms with van der Waals surface area (Å²) in [6.07, 6.45) is 5.06. The average molecular weight is 308 g/mol. The molecule has 1 saturated carbocycles. The number of benzene rings is 1. The van der Waals surface area contributed by atoms with Gasteiger partial charge in [-0.15, -0.1) is 0 Å². The van der Waals surface area contributed by atoms with E-state index in [9.17, 15) is 13.2 Å². The number of hydrogen-bond acceptors (Lipinski definition) is 5. The van der Waals surface area contributed by atoms with Gasteiger partial charge in [0, 0.05) is 6.26 Å². The third kappa shape index (κ3) is 3.10. The summed E-state index contributed by atoms with van der Waals surface area (Å²) < 4.78 is 34.2. The number of esters is 1. The van der Waals surface area contributed by atoms with Crippen molar-refractivity contribution in [2.75, 3.05) is 19.5 Å². The Bertz CT molecular complexity index is 714. The molecule has 3 rings (SSSR count). The van der Waals surface area contributed by atoms with E-state index in [0.717, 1.165) is 19.1 Å². The van der Waals surface area contributed by atoms with E-state index in [1.165, 1.54) is 6.07 Å². The molecule has 1 fully saturated rings. The van der Waals surface area contributed by atoms with Crippen LogP contribution in [0.3, 0.4) is 0 Å². The lowest BCUT2D eigenvalue weighted by Gasteiger charge is -2.12. The fourth-order valence-electron chi connectivity index (χ4n) is 2.18. The van der Waals surface area contributed by atoms with Gasteiger partial charge < -0.3 is 9.47 Å². The van der Waals surface area contributed by atoms with Crippen LogP contribution in [0.5, 0.6) is 5.75 Å². The maximum atomic E-state index is 11.8. The van der Waals surface area contributed by atoms with Crippen LogP contribution in [0.1, 0.15) is 18.4 Å². The molecule has 6 heteroatoms. The Kier molecular flexibility index (Phi) is 3.49. The molecule has 1 aliphatic carbocycles. The average Bonchev–Trinajstić information content (AvgIpc) is 3.15. The summed E-state index contributed by atoms with van der Waals surface area (Å²) in [5, 5.41) is 0. The number of cyclic esters (lactones) is 1. The first-order chi connectivity index (χ1) is 9.95. The van der Waals surface area contributed by atoms with Crippen molar-refractivity contribution in [1.29, 1.82) is 0 Å². The molecule has 0 aromatic heterocycles. The molecule has 0 saturated heterocycles. The second-order valence-corrected chi connectivity index (χ2v) is 7.39. The van der Waals surface area contributed by atoms with E-state index in [0.29, 0.717) is 29.4 Å². The van der Waals surface area contributed by atoms with E-state index in [-0.39, 0.29) is 11.5 Å². The van der Waals surface area contributed by atoms with Crippen LogP contribution in [0.15, 0.2) is 29.2 Å². The molecule has 0 unspecified atom stereocenters. The normalized spacial score (nSPS) is 18.3. The second kappa shape index (κ2) is 5.18. The van der Waals surface area contributed by atoms with Gasteiger partial charge in [-0.1, -0.05) is 6.07 Å². The Morgan fingerprint density at radius 3 is 2.67 bits per heavy atom. The van der Waals surface area contributed by atoms with Crippen molar-refractivity contribution in [3.05, 3.63) is 29.8 Å². The first-order valence-corrected chi connectivity index (χ1v) is 8.69. The predicted octanol–water partition coefficient (Wildman–Crippen LogP) is 1.82. The molecule has 0 bridgehead atoms. The van der Waals surface area contributed by atoms with Crippen molar-refractivity contribution < 1.29 is 22.7 Å². The highest BCUT2D eigenvalue weighted by molar-refractivity contribution is 7.90.